The van der Waals surface area contributed by atoms with Crippen molar-refractivity contribution in [1.82, 2.24) is 0 Å². The number of hydrogen-bond donors (Lipinski definition) is 0. The molecule has 3 nitrogen and oxygen atoms in total. The highest BCUT2D eigenvalue weighted by molar-refractivity contribution is 8.05. The van der Waals surface area contributed by atoms with Gasteiger partial charge < -0.3 is 14.4 Å². The predicted octanol–water partition coefficient (Wildman–Crippen LogP) is 14.4. The molecule has 4 heterocycles. The Labute approximate surface area is 366 Å². The summed E-state index contributed by atoms with van der Waals surface area (Å²) in [6.45, 7) is 11.7. The van der Waals surface area contributed by atoms with Crippen molar-refractivity contribution in [2.75, 3.05) is 9.71 Å². The third kappa shape index (κ3) is 4.92. The highest BCUT2D eigenvalue weighted by atomic mass is 32.2. The number of anilines is 5. The van der Waals surface area contributed by atoms with Gasteiger partial charge in [-0.25, -0.2) is 0 Å². The molecule has 0 bridgehead atoms. The summed E-state index contributed by atoms with van der Waals surface area (Å²) in [7, 11) is 0. The van der Waals surface area contributed by atoms with Gasteiger partial charge in [-0.15, -0.1) is 0 Å². The lowest BCUT2D eigenvalue weighted by atomic mass is 9.42. The lowest BCUT2D eigenvalue weighted by Gasteiger charge is -2.49. The van der Waals surface area contributed by atoms with Gasteiger partial charge in [0.15, 0.2) is 11.5 Å². The lowest BCUT2D eigenvalue weighted by Crippen LogP contribution is -2.62. The van der Waals surface area contributed by atoms with Crippen molar-refractivity contribution in [3.05, 3.63) is 174 Å². The predicted molar refractivity (Wildman–Crippen MR) is 257 cm³/mol. The van der Waals surface area contributed by atoms with Crippen LogP contribution in [0.4, 0.5) is 28.4 Å². The van der Waals surface area contributed by atoms with E-state index in [0.717, 1.165) is 22.9 Å². The van der Waals surface area contributed by atoms with Gasteiger partial charge in [0.25, 0.3) is 0 Å². The van der Waals surface area contributed by atoms with Crippen molar-refractivity contribution in [3.8, 4) is 44.9 Å². The fourth-order valence-electron chi connectivity index (χ4n) is 10.8. The van der Waals surface area contributed by atoms with Crippen LogP contribution in [0.1, 0.15) is 51.3 Å². The second-order valence-corrected chi connectivity index (χ2v) is 20.6. The molecule has 8 aromatic carbocycles. The average Bonchev–Trinajstić information content (AvgIpc) is 3.51. The molecule has 13 rings (SSSR count). The van der Waals surface area contributed by atoms with Crippen molar-refractivity contribution in [2.45, 2.75) is 65.0 Å². The topological polar surface area (TPSA) is 15.7 Å². The normalized spacial score (nSPS) is 15.3. The number of rotatable bonds is 2. The van der Waals surface area contributed by atoms with E-state index in [0.29, 0.717) is 0 Å². The van der Waals surface area contributed by atoms with E-state index in [1.54, 1.807) is 0 Å². The van der Waals surface area contributed by atoms with Gasteiger partial charge in [0.1, 0.15) is 0 Å². The molecule has 0 fully saturated rings. The first-order valence-corrected chi connectivity index (χ1v) is 22.9. The molecule has 0 radical (unpaired) electrons. The molecule has 1 aliphatic carbocycles. The Kier molecular flexibility index (Phi) is 7.31. The maximum Gasteiger partial charge on any atom is 0.333 e. The first-order valence-electron chi connectivity index (χ1n) is 21.3. The van der Waals surface area contributed by atoms with E-state index in [2.05, 4.69) is 202 Å². The Morgan fingerprint density at radius 1 is 0.525 bits per heavy atom. The molecule has 0 N–H and O–H groups in total. The molecule has 0 unspecified atom stereocenters. The van der Waals surface area contributed by atoms with Gasteiger partial charge in [-0.05, 0) is 116 Å². The molecule has 0 amide bonds. The average molecular weight is 821 g/mol. The van der Waals surface area contributed by atoms with Gasteiger partial charge in [0.05, 0.1) is 11.4 Å². The molecule has 4 aliphatic heterocycles. The second kappa shape index (κ2) is 12.5. The van der Waals surface area contributed by atoms with Gasteiger partial charge in [0.2, 0.25) is 0 Å². The second-order valence-electron chi connectivity index (χ2n) is 18.5. The molecule has 0 aromatic heterocycles. The molecule has 8 aromatic rings. The van der Waals surface area contributed by atoms with Gasteiger partial charge in [-0.2, -0.15) is 0 Å². The Morgan fingerprint density at radius 2 is 1.23 bits per heavy atom. The summed E-state index contributed by atoms with van der Waals surface area (Å²) in [6, 6.07) is 59.1. The maximum atomic E-state index is 6.91. The van der Waals surface area contributed by atoms with E-state index in [-0.39, 0.29) is 17.7 Å². The molecule has 6 heteroatoms. The zero-order chi connectivity index (χ0) is 40.9. The van der Waals surface area contributed by atoms with E-state index < -0.39 is 0 Å². The largest absolute Gasteiger partial charge is 0.453 e. The number of fused-ring (bicyclic) bond motifs is 12. The molecule has 0 spiro atoms. The highest BCUT2D eigenvalue weighted by Gasteiger charge is 2.52. The van der Waals surface area contributed by atoms with Gasteiger partial charge >= 0.3 is 6.85 Å². The Bertz CT molecular complexity index is 3220. The third-order valence-electron chi connectivity index (χ3n) is 13.6. The molecule has 0 saturated carbocycles. The van der Waals surface area contributed by atoms with Crippen LogP contribution < -0.4 is 25.4 Å². The van der Waals surface area contributed by atoms with Gasteiger partial charge in [-0.1, -0.05) is 155 Å². The van der Waals surface area contributed by atoms with Crippen LogP contribution in [0.2, 0.25) is 0 Å². The number of hydrogen-bond acceptors (Lipinski definition) is 5. The summed E-state index contributed by atoms with van der Waals surface area (Å²) in [6.07, 6.45) is 0. The van der Waals surface area contributed by atoms with E-state index in [1.165, 1.54) is 97.6 Å². The number of benzene rings is 8. The van der Waals surface area contributed by atoms with Crippen LogP contribution in [0, 0.1) is 0 Å². The molecule has 61 heavy (non-hydrogen) atoms. The van der Waals surface area contributed by atoms with Crippen LogP contribution in [0.15, 0.2) is 177 Å². The maximum absolute atomic E-state index is 6.91. The summed E-state index contributed by atoms with van der Waals surface area (Å²) in [5.74, 6) is 1.77. The molecular formula is C55H41BN2OS2. The lowest BCUT2D eigenvalue weighted by molar-refractivity contribution is 0.477. The summed E-state index contributed by atoms with van der Waals surface area (Å²) in [4.78, 5) is 10.5. The molecule has 0 atom stereocenters. The Balaban J connectivity index is 1.20. The minimum atomic E-state index is -0.263. The van der Waals surface area contributed by atoms with Crippen molar-refractivity contribution in [3.63, 3.8) is 0 Å². The van der Waals surface area contributed by atoms with Crippen LogP contribution in [0.5, 0.6) is 11.5 Å². The summed E-state index contributed by atoms with van der Waals surface area (Å²) in [5.41, 5.74) is 19.9. The number of ether oxygens (including phenoxy) is 1. The van der Waals surface area contributed by atoms with Crippen LogP contribution >= 0.6 is 23.5 Å². The first kappa shape index (κ1) is 35.7. The first-order chi connectivity index (χ1) is 29.6. The van der Waals surface area contributed by atoms with E-state index in [4.69, 9.17) is 4.74 Å². The fraction of sp³-hybridized carbons (Fsp3) is 0.127. The monoisotopic (exact) mass is 820 g/mol. The minimum absolute atomic E-state index is 0.0301. The zero-order valence-electron chi connectivity index (χ0n) is 34.7. The summed E-state index contributed by atoms with van der Waals surface area (Å²) in [5, 5.41) is 0. The van der Waals surface area contributed by atoms with Crippen molar-refractivity contribution < 1.29 is 4.74 Å². The van der Waals surface area contributed by atoms with Crippen LogP contribution in [0.25, 0.3) is 33.4 Å². The van der Waals surface area contributed by atoms with Crippen molar-refractivity contribution >= 4 is 69.7 Å². The van der Waals surface area contributed by atoms with E-state index in [9.17, 15) is 0 Å². The molecule has 0 saturated heterocycles. The zero-order valence-corrected chi connectivity index (χ0v) is 36.3. The van der Waals surface area contributed by atoms with Crippen LogP contribution in [-0.4, -0.2) is 6.85 Å². The molecular weight excluding hydrogens is 780 g/mol. The minimum Gasteiger partial charge on any atom is -0.453 e. The fourth-order valence-corrected chi connectivity index (χ4v) is 13.1. The summed E-state index contributed by atoms with van der Waals surface area (Å²) >= 11 is 3.79. The van der Waals surface area contributed by atoms with E-state index >= 15 is 0 Å². The third-order valence-corrected chi connectivity index (χ3v) is 16.1. The summed E-state index contributed by atoms with van der Waals surface area (Å²) < 4.78 is 6.91. The van der Waals surface area contributed by atoms with Gasteiger partial charge in [-0.3, -0.25) is 0 Å². The molecule has 5 aliphatic rings. The van der Waals surface area contributed by atoms with Crippen LogP contribution in [0.3, 0.4) is 0 Å². The SMILES string of the molecule is CC(C)(C)c1ccc(N2B3c4cccc5c4N(c4ccccc4O5)c4c3c(cc3c4C(C)(C)c4ccccc4-3)-c3cc4c(cc32)Sc2ccccc2S4)c(-c2ccccc2)c1. The number of nitrogens with zero attached hydrogens (tertiary/aromatic N) is 2. The Morgan fingerprint density at radius 3 is 2.03 bits per heavy atom. The van der Waals surface area contributed by atoms with Gasteiger partial charge in [0, 0.05) is 53.2 Å². The van der Waals surface area contributed by atoms with Crippen molar-refractivity contribution in [2.24, 2.45) is 0 Å². The number of para-hydroxylation sites is 3. The standard InChI is InChI=1S/C55H41BN2OS2/c1-54(2,3)33-26-27-41(35(28-33)32-16-7-6-8-17-32)58-43-31-49-48(60-46-24-13-14-25-47(46)61-49)30-36(43)38-29-37-34-18-9-10-19-39(34)55(4,5)50(37)53-51(38)56(58)40-20-15-23-45-52(40)57(53)42-21-11-12-22-44(42)59-45/h6-31H,1-5H3. The smallest absolute Gasteiger partial charge is 0.333 e. The Hall–Kier alpha value is -6.08. The van der Waals surface area contributed by atoms with Crippen LogP contribution in [-0.2, 0) is 10.8 Å². The molecule has 292 valence electrons. The highest BCUT2D eigenvalue weighted by Crippen LogP contribution is 2.62. The van der Waals surface area contributed by atoms with Crippen molar-refractivity contribution in [1.29, 1.82) is 0 Å². The van der Waals surface area contributed by atoms with E-state index in [1.807, 2.05) is 23.5 Å². The quantitative estimate of drug-likeness (QED) is 0.161.